The second kappa shape index (κ2) is 7.34. The van der Waals surface area contributed by atoms with E-state index in [2.05, 4.69) is 54.4 Å². The monoisotopic (exact) mass is 294 g/mol. The van der Waals surface area contributed by atoms with Crippen LogP contribution < -0.4 is 5.32 Å². The molecule has 0 aliphatic carbocycles. The molecule has 0 radical (unpaired) electrons. The molecule has 1 fully saturated rings. The highest BCUT2D eigenvalue weighted by molar-refractivity contribution is 7.84. The maximum atomic E-state index is 11.6. The minimum absolute atomic E-state index is 0.349. The minimum Gasteiger partial charge on any atom is -0.311 e. The van der Waals surface area contributed by atoms with Crippen LogP contribution in [0.2, 0.25) is 0 Å². The Bertz CT molecular complexity index is 437. The van der Waals surface area contributed by atoms with Gasteiger partial charge in [-0.3, -0.25) is 9.11 Å². The summed E-state index contributed by atoms with van der Waals surface area (Å²) in [5, 5.41) is 3.64. The third-order valence-electron chi connectivity index (χ3n) is 4.15. The Hall–Kier alpha value is -0.710. The van der Waals surface area contributed by atoms with Gasteiger partial charge in [0.05, 0.1) is 0 Å². The Morgan fingerprint density at radius 1 is 1.40 bits per heavy atom. The second-order valence-corrected chi connectivity index (χ2v) is 7.21. The lowest BCUT2D eigenvalue weighted by Crippen LogP contribution is -2.55. The summed E-state index contributed by atoms with van der Waals surface area (Å²) in [7, 11) is -0.744. The van der Waals surface area contributed by atoms with E-state index in [9.17, 15) is 4.21 Å². The average Bonchev–Trinajstić information content (AvgIpc) is 2.46. The fraction of sp³-hybridized carbons (Fsp3) is 0.625. The van der Waals surface area contributed by atoms with Crippen LogP contribution in [0.4, 0.5) is 0 Å². The SMILES string of the molecule is CCC1CN(C(C)CS(C)=O)C(c2ccccc2)CN1. The molecule has 4 unspecified atom stereocenters. The number of rotatable bonds is 5. The van der Waals surface area contributed by atoms with E-state index in [0.29, 0.717) is 18.1 Å². The maximum absolute atomic E-state index is 11.6. The highest BCUT2D eigenvalue weighted by Crippen LogP contribution is 2.26. The van der Waals surface area contributed by atoms with Crippen molar-refractivity contribution in [3.05, 3.63) is 35.9 Å². The first-order chi connectivity index (χ1) is 9.61. The van der Waals surface area contributed by atoms with Crippen molar-refractivity contribution in [2.45, 2.75) is 38.4 Å². The van der Waals surface area contributed by atoms with Gasteiger partial charge in [0.25, 0.3) is 0 Å². The van der Waals surface area contributed by atoms with Crippen LogP contribution in [-0.2, 0) is 10.8 Å². The van der Waals surface area contributed by atoms with Gasteiger partial charge in [-0.15, -0.1) is 0 Å². The molecule has 0 bridgehead atoms. The summed E-state index contributed by atoms with van der Waals surface area (Å²) >= 11 is 0. The van der Waals surface area contributed by atoms with Crippen LogP contribution >= 0.6 is 0 Å². The standard InChI is InChI=1S/C16H26N2OS/c1-4-15-11-18(13(2)12-20(3)19)16(10-17-15)14-8-6-5-7-9-14/h5-9,13,15-17H,4,10-12H2,1-3H3. The Kier molecular flexibility index (Phi) is 5.75. The topological polar surface area (TPSA) is 32.3 Å². The lowest BCUT2D eigenvalue weighted by molar-refractivity contribution is 0.0970. The predicted molar refractivity (Wildman–Crippen MR) is 86.4 cm³/mol. The van der Waals surface area contributed by atoms with Gasteiger partial charge in [0.15, 0.2) is 0 Å². The first-order valence-corrected chi connectivity index (χ1v) is 9.18. The molecular formula is C16H26N2OS. The smallest absolute Gasteiger partial charge is 0.0476 e. The summed E-state index contributed by atoms with van der Waals surface area (Å²) in [6, 6.07) is 11.9. The van der Waals surface area contributed by atoms with Gasteiger partial charge in [-0.25, -0.2) is 0 Å². The summed E-state index contributed by atoms with van der Waals surface area (Å²) in [5.74, 6) is 0.750. The van der Waals surface area contributed by atoms with Gasteiger partial charge in [-0.1, -0.05) is 37.3 Å². The summed E-state index contributed by atoms with van der Waals surface area (Å²) < 4.78 is 11.6. The normalized spacial score (nSPS) is 27.1. The zero-order valence-electron chi connectivity index (χ0n) is 12.7. The Balaban J connectivity index is 2.17. The van der Waals surface area contributed by atoms with E-state index in [1.807, 2.05) is 0 Å². The molecule has 112 valence electrons. The molecule has 1 aliphatic heterocycles. The van der Waals surface area contributed by atoms with E-state index >= 15 is 0 Å². The van der Waals surface area contributed by atoms with E-state index in [1.54, 1.807) is 6.26 Å². The zero-order chi connectivity index (χ0) is 14.5. The van der Waals surface area contributed by atoms with Gasteiger partial charge < -0.3 is 5.32 Å². The molecule has 3 nitrogen and oxygen atoms in total. The number of hydrogen-bond donors (Lipinski definition) is 1. The zero-order valence-corrected chi connectivity index (χ0v) is 13.5. The van der Waals surface area contributed by atoms with Crippen molar-refractivity contribution in [2.75, 3.05) is 25.1 Å². The molecule has 20 heavy (non-hydrogen) atoms. The van der Waals surface area contributed by atoms with Crippen LogP contribution in [-0.4, -0.2) is 46.3 Å². The van der Waals surface area contributed by atoms with E-state index < -0.39 is 10.8 Å². The van der Waals surface area contributed by atoms with Crippen molar-refractivity contribution in [3.8, 4) is 0 Å². The summed E-state index contributed by atoms with van der Waals surface area (Å²) in [6.45, 7) is 6.44. The molecule has 1 heterocycles. The highest BCUT2D eigenvalue weighted by atomic mass is 32.2. The molecule has 4 atom stereocenters. The summed E-state index contributed by atoms with van der Waals surface area (Å²) in [6.07, 6.45) is 2.94. The Morgan fingerprint density at radius 3 is 2.70 bits per heavy atom. The molecule has 1 aliphatic rings. The minimum atomic E-state index is -0.744. The van der Waals surface area contributed by atoms with Crippen molar-refractivity contribution in [3.63, 3.8) is 0 Å². The first-order valence-electron chi connectivity index (χ1n) is 7.46. The lowest BCUT2D eigenvalue weighted by atomic mass is 9.98. The fourth-order valence-corrected chi connectivity index (χ4v) is 3.89. The number of piperazine rings is 1. The maximum Gasteiger partial charge on any atom is 0.0476 e. The molecule has 1 aromatic carbocycles. The first kappa shape index (κ1) is 15.7. The van der Waals surface area contributed by atoms with E-state index in [4.69, 9.17) is 0 Å². The number of hydrogen-bond acceptors (Lipinski definition) is 3. The van der Waals surface area contributed by atoms with Crippen molar-refractivity contribution >= 4 is 10.8 Å². The van der Waals surface area contributed by atoms with Crippen LogP contribution in [0.15, 0.2) is 30.3 Å². The van der Waals surface area contributed by atoms with E-state index in [-0.39, 0.29) is 0 Å². The number of nitrogens with one attached hydrogen (secondary N) is 1. The van der Waals surface area contributed by atoms with Gasteiger partial charge in [0, 0.05) is 54.0 Å². The van der Waals surface area contributed by atoms with Gasteiger partial charge in [0.1, 0.15) is 0 Å². The molecule has 2 rings (SSSR count). The third-order valence-corrected chi connectivity index (χ3v) is 5.10. The molecule has 0 aromatic heterocycles. The number of nitrogens with zero attached hydrogens (tertiary/aromatic N) is 1. The summed E-state index contributed by atoms with van der Waals surface area (Å²) in [4.78, 5) is 2.53. The van der Waals surface area contributed by atoms with Crippen LogP contribution in [0.5, 0.6) is 0 Å². The Labute approximate surface area is 125 Å². The Morgan fingerprint density at radius 2 is 2.10 bits per heavy atom. The lowest BCUT2D eigenvalue weighted by Gasteiger charge is -2.43. The molecule has 4 heteroatoms. The van der Waals surface area contributed by atoms with Gasteiger partial charge in [-0.2, -0.15) is 0 Å². The average molecular weight is 294 g/mol. The number of benzene rings is 1. The molecular weight excluding hydrogens is 268 g/mol. The fourth-order valence-electron chi connectivity index (χ4n) is 3.02. The van der Waals surface area contributed by atoms with Gasteiger partial charge in [0.2, 0.25) is 0 Å². The second-order valence-electron chi connectivity index (χ2n) is 5.73. The van der Waals surface area contributed by atoms with E-state index in [0.717, 1.165) is 25.3 Å². The van der Waals surface area contributed by atoms with Crippen molar-refractivity contribution in [2.24, 2.45) is 0 Å². The van der Waals surface area contributed by atoms with Gasteiger partial charge >= 0.3 is 0 Å². The van der Waals surface area contributed by atoms with Crippen LogP contribution in [0.1, 0.15) is 31.9 Å². The van der Waals surface area contributed by atoms with Crippen molar-refractivity contribution < 1.29 is 4.21 Å². The van der Waals surface area contributed by atoms with E-state index in [1.165, 1.54) is 5.56 Å². The third kappa shape index (κ3) is 3.90. The van der Waals surface area contributed by atoms with Crippen molar-refractivity contribution in [1.82, 2.24) is 10.2 Å². The van der Waals surface area contributed by atoms with Crippen LogP contribution in [0.3, 0.4) is 0 Å². The van der Waals surface area contributed by atoms with Crippen molar-refractivity contribution in [1.29, 1.82) is 0 Å². The van der Waals surface area contributed by atoms with Gasteiger partial charge in [-0.05, 0) is 18.9 Å². The molecule has 1 saturated heterocycles. The highest BCUT2D eigenvalue weighted by Gasteiger charge is 2.31. The largest absolute Gasteiger partial charge is 0.311 e. The molecule has 0 saturated carbocycles. The van der Waals surface area contributed by atoms with Crippen LogP contribution in [0, 0.1) is 0 Å². The summed E-state index contributed by atoms with van der Waals surface area (Å²) in [5.41, 5.74) is 1.35. The molecule has 0 spiro atoms. The quantitative estimate of drug-likeness (QED) is 0.903. The molecule has 1 aromatic rings. The van der Waals surface area contributed by atoms with Crippen LogP contribution in [0.25, 0.3) is 0 Å². The molecule has 1 N–H and O–H groups in total. The predicted octanol–water partition coefficient (Wildman–Crippen LogP) is 2.18. The molecule has 0 amide bonds.